The molecule has 0 aliphatic carbocycles. The van der Waals surface area contributed by atoms with E-state index in [1.807, 2.05) is 43.3 Å². The van der Waals surface area contributed by atoms with Gasteiger partial charge in [0, 0.05) is 6.61 Å². The Morgan fingerprint density at radius 1 is 0.750 bits per heavy atom. The van der Waals surface area contributed by atoms with Gasteiger partial charge in [-0.2, -0.15) is 8.42 Å². The van der Waals surface area contributed by atoms with Crippen LogP contribution >= 0.6 is 0 Å². The molecule has 0 atom stereocenters. The lowest BCUT2D eigenvalue weighted by Gasteiger charge is -2.43. The number of aryl methyl sites for hydroxylation is 1. The summed E-state index contributed by atoms with van der Waals surface area (Å²) in [6.45, 7) is 9.07. The second kappa shape index (κ2) is 10.1. The lowest BCUT2D eigenvalue weighted by molar-refractivity contribution is 0.241. The Labute approximate surface area is 193 Å². The highest BCUT2D eigenvalue weighted by atomic mass is 32.2. The number of hydrogen-bond donors (Lipinski definition) is 0. The molecule has 3 aromatic rings. The molecule has 0 heterocycles. The van der Waals surface area contributed by atoms with Crippen molar-refractivity contribution in [1.82, 2.24) is 0 Å². The van der Waals surface area contributed by atoms with Crippen molar-refractivity contribution in [3.8, 4) is 0 Å². The summed E-state index contributed by atoms with van der Waals surface area (Å²) in [5.41, 5.74) is 1.00. The van der Waals surface area contributed by atoms with Crippen molar-refractivity contribution in [2.75, 3.05) is 13.2 Å². The summed E-state index contributed by atoms with van der Waals surface area (Å²) in [5, 5.41) is 2.28. The smallest absolute Gasteiger partial charge is 0.296 e. The normalized spacial score (nSPS) is 12.6. The summed E-state index contributed by atoms with van der Waals surface area (Å²) in [7, 11) is -6.39. The van der Waals surface area contributed by atoms with Crippen molar-refractivity contribution in [2.45, 2.75) is 44.0 Å². The lowest BCUT2D eigenvalue weighted by Crippen LogP contribution is -2.66. The van der Waals surface area contributed by atoms with Gasteiger partial charge in [0.1, 0.15) is 0 Å². The lowest BCUT2D eigenvalue weighted by atomic mass is 10.2. The van der Waals surface area contributed by atoms with Crippen molar-refractivity contribution in [2.24, 2.45) is 0 Å². The fourth-order valence-corrected chi connectivity index (χ4v) is 9.54. The quantitative estimate of drug-likeness (QED) is 0.260. The van der Waals surface area contributed by atoms with Crippen LogP contribution in [0.2, 0.25) is 5.04 Å². The Morgan fingerprint density at radius 3 is 1.72 bits per heavy atom. The number of benzene rings is 3. The summed E-state index contributed by atoms with van der Waals surface area (Å²) >= 11 is 0. The minimum absolute atomic E-state index is 0.0778. The average molecular weight is 469 g/mol. The fraction of sp³-hybridized carbons (Fsp3) is 0.308. The third kappa shape index (κ3) is 5.38. The molecular formula is C26H32O4SSi. The van der Waals surface area contributed by atoms with Crippen LogP contribution in [0.15, 0.2) is 89.8 Å². The average Bonchev–Trinajstić information content (AvgIpc) is 2.77. The van der Waals surface area contributed by atoms with Crippen molar-refractivity contribution in [3.05, 3.63) is 90.5 Å². The van der Waals surface area contributed by atoms with E-state index in [1.165, 1.54) is 10.4 Å². The molecule has 0 bridgehead atoms. The Bertz CT molecular complexity index is 1050. The van der Waals surface area contributed by atoms with Crippen LogP contribution in [0.3, 0.4) is 0 Å². The van der Waals surface area contributed by atoms with Crippen molar-refractivity contribution < 1.29 is 17.0 Å². The molecular weight excluding hydrogens is 436 g/mol. The molecule has 3 aromatic carbocycles. The maximum atomic E-state index is 12.5. The van der Waals surface area contributed by atoms with Gasteiger partial charge < -0.3 is 4.43 Å². The van der Waals surface area contributed by atoms with E-state index in [2.05, 4.69) is 45.0 Å². The molecule has 0 spiro atoms. The van der Waals surface area contributed by atoms with E-state index < -0.39 is 18.4 Å². The molecule has 32 heavy (non-hydrogen) atoms. The van der Waals surface area contributed by atoms with Gasteiger partial charge in [-0.05, 0) is 40.9 Å². The second-order valence-electron chi connectivity index (χ2n) is 8.95. The first-order chi connectivity index (χ1) is 15.2. The minimum atomic E-state index is -3.77. The minimum Gasteiger partial charge on any atom is -0.407 e. The van der Waals surface area contributed by atoms with Gasteiger partial charge in [0.25, 0.3) is 18.4 Å². The topological polar surface area (TPSA) is 52.6 Å². The highest BCUT2D eigenvalue weighted by molar-refractivity contribution is 7.86. The fourth-order valence-electron chi connectivity index (χ4n) is 3.99. The predicted molar refractivity (Wildman–Crippen MR) is 133 cm³/mol. The van der Waals surface area contributed by atoms with Gasteiger partial charge in [-0.25, -0.2) is 0 Å². The number of rotatable bonds is 9. The monoisotopic (exact) mass is 468 g/mol. The first kappa shape index (κ1) is 24.4. The first-order valence-electron chi connectivity index (χ1n) is 10.9. The molecule has 0 aliphatic heterocycles. The zero-order valence-electron chi connectivity index (χ0n) is 19.2. The molecule has 0 aromatic heterocycles. The van der Waals surface area contributed by atoms with Crippen molar-refractivity contribution >= 4 is 28.8 Å². The standard InChI is InChI=1S/C26H32O4SSi/c1-22-16-18-23(19-17-22)31(27,28)29-20-11-21-30-32(26(2,3)4,24-12-7-5-8-13-24)25-14-9-6-10-15-25/h5-10,12-19H,11,20-21H2,1-4H3. The van der Waals surface area contributed by atoms with E-state index >= 15 is 0 Å². The summed E-state index contributed by atoms with van der Waals surface area (Å²) in [6, 6.07) is 27.5. The van der Waals surface area contributed by atoms with E-state index in [0.29, 0.717) is 13.0 Å². The Balaban J connectivity index is 1.76. The predicted octanol–water partition coefficient (Wildman–Crippen LogP) is 4.67. The second-order valence-corrected chi connectivity index (χ2v) is 14.9. The van der Waals surface area contributed by atoms with E-state index in [-0.39, 0.29) is 16.5 Å². The van der Waals surface area contributed by atoms with Gasteiger partial charge in [0.05, 0.1) is 11.5 Å². The molecule has 3 rings (SSSR count). The highest BCUT2D eigenvalue weighted by Crippen LogP contribution is 2.36. The van der Waals surface area contributed by atoms with Crippen molar-refractivity contribution in [1.29, 1.82) is 0 Å². The Hall–Kier alpha value is -2.25. The van der Waals surface area contributed by atoms with Crippen LogP contribution in [0.5, 0.6) is 0 Å². The summed E-state index contributed by atoms with van der Waals surface area (Å²) in [5.74, 6) is 0. The van der Waals surface area contributed by atoms with Gasteiger partial charge >= 0.3 is 0 Å². The molecule has 0 unspecified atom stereocenters. The zero-order chi connectivity index (χ0) is 23.2. The maximum absolute atomic E-state index is 12.5. The Kier molecular flexibility index (Phi) is 7.72. The van der Waals surface area contributed by atoms with Gasteiger partial charge in [0.15, 0.2) is 0 Å². The van der Waals surface area contributed by atoms with Crippen LogP contribution in [0.4, 0.5) is 0 Å². The van der Waals surface area contributed by atoms with Crippen LogP contribution < -0.4 is 10.4 Å². The molecule has 0 saturated carbocycles. The van der Waals surface area contributed by atoms with E-state index in [0.717, 1.165) is 5.56 Å². The van der Waals surface area contributed by atoms with Gasteiger partial charge in [0.2, 0.25) is 0 Å². The third-order valence-electron chi connectivity index (χ3n) is 5.57. The molecule has 170 valence electrons. The van der Waals surface area contributed by atoms with Crippen LogP contribution in [-0.2, 0) is 18.7 Å². The van der Waals surface area contributed by atoms with Crippen LogP contribution in [0.25, 0.3) is 0 Å². The zero-order valence-corrected chi connectivity index (χ0v) is 21.1. The molecule has 4 nitrogen and oxygen atoms in total. The summed E-state index contributed by atoms with van der Waals surface area (Å²) < 4.78 is 36.9. The molecule has 6 heteroatoms. The van der Waals surface area contributed by atoms with E-state index in [4.69, 9.17) is 8.61 Å². The van der Waals surface area contributed by atoms with Crippen molar-refractivity contribution in [3.63, 3.8) is 0 Å². The highest BCUT2D eigenvalue weighted by Gasteiger charge is 2.49. The van der Waals surface area contributed by atoms with Gasteiger partial charge in [-0.15, -0.1) is 0 Å². The molecule has 0 N–H and O–H groups in total. The van der Waals surface area contributed by atoms with Crippen LogP contribution in [-0.4, -0.2) is 29.9 Å². The molecule has 0 fully saturated rings. The molecule has 0 saturated heterocycles. The Morgan fingerprint density at radius 2 is 1.25 bits per heavy atom. The first-order valence-corrected chi connectivity index (χ1v) is 14.2. The summed E-state index contributed by atoms with van der Waals surface area (Å²) in [6.07, 6.45) is 0.482. The van der Waals surface area contributed by atoms with E-state index in [1.54, 1.807) is 24.3 Å². The van der Waals surface area contributed by atoms with Crippen LogP contribution in [0.1, 0.15) is 32.8 Å². The molecule has 0 amide bonds. The number of hydrogen-bond acceptors (Lipinski definition) is 4. The van der Waals surface area contributed by atoms with Gasteiger partial charge in [-0.1, -0.05) is 99.1 Å². The SMILES string of the molecule is Cc1ccc(S(=O)(=O)OCCCO[Si](c2ccccc2)(c2ccccc2)C(C)(C)C)cc1. The largest absolute Gasteiger partial charge is 0.407 e. The molecule has 0 radical (unpaired) electrons. The van der Waals surface area contributed by atoms with E-state index in [9.17, 15) is 8.42 Å². The summed E-state index contributed by atoms with van der Waals surface area (Å²) in [4.78, 5) is 0.177. The third-order valence-corrected chi connectivity index (χ3v) is 11.9. The van der Waals surface area contributed by atoms with Crippen LogP contribution in [0, 0.1) is 6.92 Å². The molecule has 0 aliphatic rings. The maximum Gasteiger partial charge on any atom is 0.296 e. The van der Waals surface area contributed by atoms with Gasteiger partial charge in [-0.3, -0.25) is 4.18 Å².